The van der Waals surface area contributed by atoms with Gasteiger partial charge in [-0.3, -0.25) is 25.8 Å². The molecule has 0 unspecified atom stereocenters. The molecule has 0 aliphatic heterocycles. The van der Waals surface area contributed by atoms with Crippen molar-refractivity contribution in [2.45, 2.75) is 6.92 Å². The first-order valence-corrected chi connectivity index (χ1v) is 9.67. The van der Waals surface area contributed by atoms with Gasteiger partial charge in [0.05, 0.1) is 0 Å². The lowest BCUT2D eigenvalue weighted by Gasteiger charge is -2.12. The molecule has 0 aliphatic carbocycles. The van der Waals surface area contributed by atoms with Gasteiger partial charge in [0, 0.05) is 5.56 Å². The van der Waals surface area contributed by atoms with E-state index in [9.17, 15) is 9.59 Å². The fraction of sp³-hybridized carbons (Fsp3) is 0.0870. The second-order valence-electron chi connectivity index (χ2n) is 6.50. The van der Waals surface area contributed by atoms with Gasteiger partial charge in [-0.15, -0.1) is 0 Å². The summed E-state index contributed by atoms with van der Waals surface area (Å²) in [5, 5.41) is 2.50. The zero-order chi connectivity index (χ0) is 21.3. The van der Waals surface area contributed by atoms with Gasteiger partial charge in [0.15, 0.2) is 11.7 Å². The van der Waals surface area contributed by atoms with Gasteiger partial charge in [0.25, 0.3) is 11.8 Å². The summed E-state index contributed by atoms with van der Waals surface area (Å²) in [4.78, 5) is 24.2. The van der Waals surface area contributed by atoms with E-state index >= 15 is 0 Å². The van der Waals surface area contributed by atoms with Crippen LogP contribution in [0.1, 0.15) is 15.9 Å². The van der Waals surface area contributed by atoms with E-state index in [0.717, 1.165) is 16.7 Å². The van der Waals surface area contributed by atoms with Crippen LogP contribution < -0.4 is 20.9 Å². The number of aryl methyl sites for hydroxylation is 1. The molecule has 3 rings (SSSR count). The highest BCUT2D eigenvalue weighted by atomic mass is 32.1. The highest BCUT2D eigenvalue weighted by Crippen LogP contribution is 2.19. The lowest BCUT2D eigenvalue weighted by molar-refractivity contribution is -0.123. The zero-order valence-electron chi connectivity index (χ0n) is 16.3. The van der Waals surface area contributed by atoms with Crippen molar-refractivity contribution in [1.29, 1.82) is 0 Å². The van der Waals surface area contributed by atoms with Crippen LogP contribution in [0, 0.1) is 6.92 Å². The first-order valence-electron chi connectivity index (χ1n) is 9.26. The number of nitrogens with one attached hydrogen (secondary N) is 3. The van der Waals surface area contributed by atoms with Crippen LogP contribution in [-0.2, 0) is 4.79 Å². The molecule has 0 saturated heterocycles. The Morgan fingerprint density at radius 2 is 1.47 bits per heavy atom. The molecular formula is C23H21N3O3S. The maximum absolute atomic E-state index is 12.3. The van der Waals surface area contributed by atoms with Crippen molar-refractivity contribution in [3.63, 3.8) is 0 Å². The van der Waals surface area contributed by atoms with Crippen molar-refractivity contribution >= 4 is 29.1 Å². The van der Waals surface area contributed by atoms with Crippen LogP contribution in [0.3, 0.4) is 0 Å². The number of carbonyl (C=O) groups excluding carboxylic acids is 2. The molecule has 0 saturated carbocycles. The molecule has 6 nitrogen and oxygen atoms in total. The topological polar surface area (TPSA) is 79.5 Å². The quantitative estimate of drug-likeness (QED) is 0.437. The maximum Gasteiger partial charge on any atom is 0.276 e. The van der Waals surface area contributed by atoms with Gasteiger partial charge in [-0.1, -0.05) is 60.2 Å². The van der Waals surface area contributed by atoms with Gasteiger partial charge >= 0.3 is 0 Å². The van der Waals surface area contributed by atoms with Crippen molar-refractivity contribution < 1.29 is 14.3 Å². The molecule has 3 aromatic rings. The minimum Gasteiger partial charge on any atom is -0.484 e. The molecule has 152 valence electrons. The first kappa shape index (κ1) is 21.0. The number of hydrazine groups is 1. The summed E-state index contributed by atoms with van der Waals surface area (Å²) < 4.78 is 5.37. The van der Waals surface area contributed by atoms with Gasteiger partial charge in [0.1, 0.15) is 5.75 Å². The van der Waals surface area contributed by atoms with Crippen LogP contribution in [0.15, 0.2) is 78.9 Å². The monoisotopic (exact) mass is 419 g/mol. The number of ether oxygens (including phenoxy) is 1. The van der Waals surface area contributed by atoms with Gasteiger partial charge in [-0.25, -0.2) is 0 Å². The van der Waals surface area contributed by atoms with E-state index in [4.69, 9.17) is 17.0 Å². The predicted molar refractivity (Wildman–Crippen MR) is 120 cm³/mol. The van der Waals surface area contributed by atoms with Crippen molar-refractivity contribution in [3.05, 3.63) is 90.0 Å². The maximum atomic E-state index is 12.3. The Balaban J connectivity index is 1.43. The number of benzene rings is 3. The fourth-order valence-corrected chi connectivity index (χ4v) is 2.74. The second-order valence-corrected chi connectivity index (χ2v) is 6.91. The van der Waals surface area contributed by atoms with Crippen molar-refractivity contribution in [1.82, 2.24) is 16.2 Å². The first-order chi connectivity index (χ1) is 14.5. The molecular weight excluding hydrogens is 398 g/mol. The van der Waals surface area contributed by atoms with E-state index in [0.29, 0.717) is 11.3 Å². The number of thiocarbonyl (C=S) groups is 1. The Kier molecular flexibility index (Phi) is 7.13. The Bertz CT molecular complexity index is 1020. The average Bonchev–Trinajstić information content (AvgIpc) is 2.78. The number of rotatable bonds is 5. The molecule has 3 N–H and O–H groups in total. The third-order valence-corrected chi connectivity index (χ3v) is 4.39. The predicted octanol–water partition coefficient (Wildman–Crippen LogP) is 3.38. The van der Waals surface area contributed by atoms with Crippen LogP contribution in [0.2, 0.25) is 0 Å². The van der Waals surface area contributed by atoms with Crippen molar-refractivity contribution in [2.75, 3.05) is 6.61 Å². The Labute approximate surface area is 180 Å². The number of carbonyl (C=O) groups is 2. The van der Waals surface area contributed by atoms with E-state index in [-0.39, 0.29) is 17.6 Å². The molecule has 2 amide bonds. The smallest absolute Gasteiger partial charge is 0.276 e. The fourth-order valence-electron chi connectivity index (χ4n) is 2.60. The molecule has 0 spiro atoms. The van der Waals surface area contributed by atoms with Gasteiger partial charge in [-0.05, 0) is 54.5 Å². The lowest BCUT2D eigenvalue weighted by atomic mass is 10.0. The Morgan fingerprint density at radius 3 is 2.13 bits per heavy atom. The minimum absolute atomic E-state index is 0.0178. The molecule has 7 heteroatoms. The van der Waals surface area contributed by atoms with Gasteiger partial charge in [-0.2, -0.15) is 0 Å². The van der Waals surface area contributed by atoms with Crippen LogP contribution >= 0.6 is 12.2 Å². The minimum atomic E-state index is -0.431. The normalized spacial score (nSPS) is 10.0. The number of hydrogen-bond donors (Lipinski definition) is 3. The van der Waals surface area contributed by atoms with E-state index in [1.807, 2.05) is 61.5 Å². The highest BCUT2D eigenvalue weighted by Gasteiger charge is 2.09. The average molecular weight is 420 g/mol. The Hall–Kier alpha value is -3.71. The summed E-state index contributed by atoms with van der Waals surface area (Å²) in [6, 6.07) is 24.4. The van der Waals surface area contributed by atoms with Crippen molar-refractivity contribution in [3.8, 4) is 16.9 Å². The molecule has 0 aliphatic rings. The van der Waals surface area contributed by atoms with E-state index in [1.165, 1.54) is 0 Å². The third-order valence-electron chi connectivity index (χ3n) is 4.19. The molecule has 0 heterocycles. The van der Waals surface area contributed by atoms with Crippen LogP contribution in [0.4, 0.5) is 0 Å². The van der Waals surface area contributed by atoms with Crippen LogP contribution in [-0.4, -0.2) is 23.5 Å². The SMILES string of the molecule is Cc1ccc(OCC(=O)NNC(=S)NC(=O)c2ccc(-c3ccccc3)cc2)cc1. The van der Waals surface area contributed by atoms with Gasteiger partial charge < -0.3 is 4.74 Å². The zero-order valence-corrected chi connectivity index (χ0v) is 17.2. The molecule has 3 aromatic carbocycles. The number of amides is 2. The lowest BCUT2D eigenvalue weighted by Crippen LogP contribution is -2.49. The molecule has 0 bridgehead atoms. The van der Waals surface area contributed by atoms with Gasteiger partial charge in [0.2, 0.25) is 0 Å². The summed E-state index contributed by atoms with van der Waals surface area (Å²) in [5.41, 5.74) is 8.50. The highest BCUT2D eigenvalue weighted by molar-refractivity contribution is 7.80. The summed E-state index contributed by atoms with van der Waals surface area (Å²) in [5.74, 6) is -0.220. The Morgan fingerprint density at radius 1 is 0.833 bits per heavy atom. The van der Waals surface area contributed by atoms with Crippen LogP contribution in [0.5, 0.6) is 5.75 Å². The largest absolute Gasteiger partial charge is 0.484 e. The molecule has 0 aromatic heterocycles. The summed E-state index contributed by atoms with van der Waals surface area (Å²) in [6.45, 7) is 1.78. The third kappa shape index (κ3) is 6.15. The summed E-state index contributed by atoms with van der Waals surface area (Å²) in [6.07, 6.45) is 0. The van der Waals surface area contributed by atoms with E-state index in [1.54, 1.807) is 24.3 Å². The molecule has 0 atom stereocenters. The van der Waals surface area contributed by atoms with E-state index < -0.39 is 5.91 Å². The summed E-state index contributed by atoms with van der Waals surface area (Å²) in [7, 11) is 0. The number of hydrogen-bond acceptors (Lipinski definition) is 4. The summed E-state index contributed by atoms with van der Waals surface area (Å²) >= 11 is 5.04. The molecule has 0 radical (unpaired) electrons. The standard InChI is InChI=1S/C23H21N3O3S/c1-16-7-13-20(14-8-16)29-15-21(27)25-26-23(30)24-22(28)19-11-9-18(10-12-19)17-5-3-2-4-6-17/h2-14H,15H2,1H3,(H,25,27)(H2,24,26,28,30). The van der Waals surface area contributed by atoms with E-state index in [2.05, 4.69) is 16.2 Å². The molecule has 0 fully saturated rings. The van der Waals surface area contributed by atoms with Crippen molar-refractivity contribution in [2.24, 2.45) is 0 Å². The van der Waals surface area contributed by atoms with Crippen LogP contribution in [0.25, 0.3) is 11.1 Å². The molecule has 30 heavy (non-hydrogen) atoms. The second kappa shape index (κ2) is 10.2.